The van der Waals surface area contributed by atoms with Gasteiger partial charge in [0.05, 0.1) is 11.8 Å². The van der Waals surface area contributed by atoms with Gasteiger partial charge in [0.1, 0.15) is 5.82 Å². The Bertz CT molecular complexity index is 565. The number of Topliss-reactive ketones (excluding diaryl/α,β-unsaturated/α-hetero) is 1. The van der Waals surface area contributed by atoms with Gasteiger partial charge in [-0.3, -0.25) is 9.48 Å². The van der Waals surface area contributed by atoms with Gasteiger partial charge in [-0.2, -0.15) is 5.10 Å². The van der Waals surface area contributed by atoms with E-state index in [4.69, 9.17) is 0 Å². The van der Waals surface area contributed by atoms with E-state index in [9.17, 15) is 9.18 Å². The molecule has 1 aromatic heterocycles. The summed E-state index contributed by atoms with van der Waals surface area (Å²) in [6.07, 6.45) is 3.51. The molecule has 0 atom stereocenters. The van der Waals surface area contributed by atoms with E-state index < -0.39 is 5.82 Å². The molecule has 1 heterocycles. The summed E-state index contributed by atoms with van der Waals surface area (Å²) < 4.78 is 15.8. The summed E-state index contributed by atoms with van der Waals surface area (Å²) in [5.74, 6) is -0.753. The first-order chi connectivity index (χ1) is 8.06. The molecule has 0 bridgehead atoms. The second-order valence-corrected chi connectivity index (χ2v) is 4.66. The molecule has 0 aliphatic heterocycles. The number of halogens is 2. The number of hydrogen-bond acceptors (Lipinski definition) is 2. The topological polar surface area (TPSA) is 34.9 Å². The molecule has 0 radical (unpaired) electrons. The Hall–Kier alpha value is -1.49. The van der Waals surface area contributed by atoms with Crippen LogP contribution in [-0.4, -0.2) is 15.6 Å². The van der Waals surface area contributed by atoms with Crippen molar-refractivity contribution in [3.8, 4) is 0 Å². The predicted octanol–water partition coefficient (Wildman–Crippen LogP) is 2.75. The van der Waals surface area contributed by atoms with Crippen LogP contribution in [-0.2, 0) is 13.5 Å². The lowest BCUT2D eigenvalue weighted by Crippen LogP contribution is -2.05. The third-order valence-corrected chi connectivity index (χ3v) is 2.85. The minimum atomic E-state index is -0.506. The molecular weight excluding hydrogens is 287 g/mol. The number of carbonyl (C=O) groups excluding carboxylic acids is 1. The van der Waals surface area contributed by atoms with Gasteiger partial charge in [0, 0.05) is 24.1 Å². The molecule has 3 nitrogen and oxygen atoms in total. The number of carbonyl (C=O) groups is 1. The fraction of sp³-hybridized carbons (Fsp3) is 0.167. The highest BCUT2D eigenvalue weighted by molar-refractivity contribution is 9.10. The molecule has 1 aromatic carbocycles. The number of hydrogen-bond donors (Lipinski definition) is 0. The Kier molecular flexibility index (Phi) is 3.38. The number of ketones is 1. The summed E-state index contributed by atoms with van der Waals surface area (Å²) in [7, 11) is 1.77. The van der Waals surface area contributed by atoms with Gasteiger partial charge in [0.2, 0.25) is 0 Å². The summed E-state index contributed by atoms with van der Waals surface area (Å²) in [5.41, 5.74) is 0.886. The molecule has 0 spiro atoms. The molecule has 17 heavy (non-hydrogen) atoms. The highest BCUT2D eigenvalue weighted by atomic mass is 79.9. The molecule has 0 aliphatic carbocycles. The summed E-state index contributed by atoms with van der Waals surface area (Å²) in [5, 5.41) is 3.96. The van der Waals surface area contributed by atoms with E-state index in [2.05, 4.69) is 21.0 Å². The van der Waals surface area contributed by atoms with E-state index in [0.717, 1.165) is 5.56 Å². The van der Waals surface area contributed by atoms with Crippen molar-refractivity contribution in [3.05, 3.63) is 52.0 Å². The maximum absolute atomic E-state index is 13.5. The standard InChI is InChI=1S/C12H10BrFN2O/c1-16-7-8(6-15-16)4-12(17)10-3-2-9(13)5-11(10)14/h2-3,5-7H,4H2,1H3. The van der Waals surface area contributed by atoms with Gasteiger partial charge in [-0.15, -0.1) is 0 Å². The van der Waals surface area contributed by atoms with Crippen molar-refractivity contribution in [1.29, 1.82) is 0 Å². The number of rotatable bonds is 3. The lowest BCUT2D eigenvalue weighted by atomic mass is 10.1. The minimum absolute atomic E-state index is 0.108. The fourth-order valence-corrected chi connectivity index (χ4v) is 1.89. The molecule has 2 rings (SSSR count). The average molecular weight is 297 g/mol. The zero-order chi connectivity index (χ0) is 12.4. The fourth-order valence-electron chi connectivity index (χ4n) is 1.56. The lowest BCUT2D eigenvalue weighted by Gasteiger charge is -2.01. The van der Waals surface area contributed by atoms with Crippen LogP contribution in [0.1, 0.15) is 15.9 Å². The SMILES string of the molecule is Cn1cc(CC(=O)c2ccc(Br)cc2F)cn1. The van der Waals surface area contributed by atoms with E-state index in [-0.39, 0.29) is 17.8 Å². The third-order valence-electron chi connectivity index (χ3n) is 2.35. The van der Waals surface area contributed by atoms with Crippen LogP contribution in [0.25, 0.3) is 0 Å². The largest absolute Gasteiger partial charge is 0.294 e. The predicted molar refractivity (Wildman–Crippen MR) is 65.3 cm³/mol. The third kappa shape index (κ3) is 2.79. The van der Waals surface area contributed by atoms with E-state index in [1.54, 1.807) is 30.2 Å². The van der Waals surface area contributed by atoms with Crippen molar-refractivity contribution in [2.24, 2.45) is 7.05 Å². The maximum Gasteiger partial charge on any atom is 0.170 e. The normalized spacial score (nSPS) is 10.5. The van der Waals surface area contributed by atoms with E-state index >= 15 is 0 Å². The Morgan fingerprint density at radius 3 is 2.88 bits per heavy atom. The van der Waals surface area contributed by atoms with Crippen LogP contribution in [0.5, 0.6) is 0 Å². The number of aromatic nitrogens is 2. The van der Waals surface area contributed by atoms with Crippen LogP contribution in [0.2, 0.25) is 0 Å². The van der Waals surface area contributed by atoms with E-state index in [0.29, 0.717) is 4.47 Å². The highest BCUT2D eigenvalue weighted by Gasteiger charge is 2.13. The lowest BCUT2D eigenvalue weighted by molar-refractivity contribution is 0.0989. The summed E-state index contributed by atoms with van der Waals surface area (Å²) in [6, 6.07) is 4.42. The minimum Gasteiger partial charge on any atom is -0.294 e. The smallest absolute Gasteiger partial charge is 0.170 e. The summed E-state index contributed by atoms with van der Waals surface area (Å²) in [4.78, 5) is 11.9. The van der Waals surface area contributed by atoms with E-state index in [1.807, 2.05) is 0 Å². The van der Waals surface area contributed by atoms with Crippen molar-refractivity contribution in [2.45, 2.75) is 6.42 Å². The number of nitrogens with zero attached hydrogens (tertiary/aromatic N) is 2. The van der Waals surface area contributed by atoms with Gasteiger partial charge in [0.25, 0.3) is 0 Å². The number of aryl methyl sites for hydroxylation is 1. The van der Waals surface area contributed by atoms with Crippen LogP contribution in [0.15, 0.2) is 35.1 Å². The molecule has 0 saturated heterocycles. The Morgan fingerprint density at radius 2 is 2.29 bits per heavy atom. The summed E-state index contributed by atoms with van der Waals surface area (Å²) in [6.45, 7) is 0. The van der Waals surface area contributed by atoms with Gasteiger partial charge in [-0.1, -0.05) is 15.9 Å². The van der Waals surface area contributed by atoms with Gasteiger partial charge >= 0.3 is 0 Å². The van der Waals surface area contributed by atoms with Gasteiger partial charge in [-0.25, -0.2) is 4.39 Å². The Balaban J connectivity index is 2.20. The molecular formula is C12H10BrFN2O. The average Bonchev–Trinajstić information content (AvgIpc) is 2.63. The van der Waals surface area contributed by atoms with Gasteiger partial charge in [-0.05, 0) is 23.8 Å². The van der Waals surface area contributed by atoms with Crippen molar-refractivity contribution >= 4 is 21.7 Å². The quantitative estimate of drug-likeness (QED) is 0.817. The zero-order valence-corrected chi connectivity index (χ0v) is 10.7. The second-order valence-electron chi connectivity index (χ2n) is 3.75. The van der Waals surface area contributed by atoms with Crippen LogP contribution in [0, 0.1) is 5.82 Å². The van der Waals surface area contributed by atoms with Crippen LogP contribution >= 0.6 is 15.9 Å². The molecule has 0 amide bonds. The molecule has 88 valence electrons. The van der Waals surface area contributed by atoms with Crippen LogP contribution < -0.4 is 0 Å². The van der Waals surface area contributed by atoms with Gasteiger partial charge in [0.15, 0.2) is 5.78 Å². The van der Waals surface area contributed by atoms with Crippen molar-refractivity contribution < 1.29 is 9.18 Å². The van der Waals surface area contributed by atoms with Crippen LogP contribution in [0.4, 0.5) is 4.39 Å². The van der Waals surface area contributed by atoms with E-state index in [1.165, 1.54) is 12.1 Å². The molecule has 0 fully saturated rings. The molecule has 0 aliphatic rings. The number of benzene rings is 1. The first kappa shape index (κ1) is 12.0. The maximum atomic E-state index is 13.5. The Morgan fingerprint density at radius 1 is 1.53 bits per heavy atom. The molecule has 0 saturated carbocycles. The van der Waals surface area contributed by atoms with Crippen molar-refractivity contribution in [1.82, 2.24) is 9.78 Å². The Labute approximate surface area is 106 Å². The molecule has 0 unspecified atom stereocenters. The monoisotopic (exact) mass is 296 g/mol. The molecule has 2 aromatic rings. The molecule has 5 heteroatoms. The van der Waals surface area contributed by atoms with Crippen LogP contribution in [0.3, 0.4) is 0 Å². The summed E-state index contributed by atoms with van der Waals surface area (Å²) >= 11 is 3.15. The van der Waals surface area contributed by atoms with Crippen molar-refractivity contribution in [3.63, 3.8) is 0 Å². The first-order valence-corrected chi connectivity index (χ1v) is 5.81. The first-order valence-electron chi connectivity index (χ1n) is 5.02. The van der Waals surface area contributed by atoms with Crippen molar-refractivity contribution in [2.75, 3.05) is 0 Å². The second kappa shape index (κ2) is 4.79. The van der Waals surface area contributed by atoms with Gasteiger partial charge < -0.3 is 0 Å². The highest BCUT2D eigenvalue weighted by Crippen LogP contribution is 2.17. The zero-order valence-electron chi connectivity index (χ0n) is 9.15. The molecule has 0 N–H and O–H groups in total.